The van der Waals surface area contributed by atoms with Gasteiger partial charge in [0.15, 0.2) is 0 Å². The molecule has 0 spiro atoms. The predicted molar refractivity (Wildman–Crippen MR) is 80.6 cm³/mol. The minimum absolute atomic E-state index is 0.227. The lowest BCUT2D eigenvalue weighted by Crippen LogP contribution is -2.24. The lowest BCUT2D eigenvalue weighted by Gasteiger charge is -2.20. The second-order valence-electron chi connectivity index (χ2n) is 4.11. The van der Waals surface area contributed by atoms with Gasteiger partial charge in [-0.2, -0.15) is 0 Å². The van der Waals surface area contributed by atoms with Crippen molar-refractivity contribution in [2.45, 2.75) is 13.0 Å². The highest BCUT2D eigenvalue weighted by molar-refractivity contribution is 6.33. The first-order valence-corrected chi connectivity index (χ1v) is 6.96. The average Bonchev–Trinajstić information content (AvgIpc) is 2.47. The molecule has 2 rings (SSSR count). The van der Waals surface area contributed by atoms with E-state index in [9.17, 15) is 0 Å². The van der Waals surface area contributed by atoms with Gasteiger partial charge in [-0.05, 0) is 30.3 Å². The molecule has 0 radical (unpaired) electrons. The van der Waals surface area contributed by atoms with Crippen LogP contribution < -0.4 is 10.1 Å². The summed E-state index contributed by atoms with van der Waals surface area (Å²) in [6.07, 6.45) is 3.21. The Morgan fingerprint density at radius 3 is 2.70 bits per heavy atom. The summed E-state index contributed by atoms with van der Waals surface area (Å²) in [5.41, 5.74) is 1.53. The Morgan fingerprint density at radius 1 is 1.25 bits per heavy atom. The largest absolute Gasteiger partial charge is 0.480 e. The highest BCUT2D eigenvalue weighted by Gasteiger charge is 2.22. The van der Waals surface area contributed by atoms with Crippen LogP contribution in [0.15, 0.2) is 30.6 Å². The van der Waals surface area contributed by atoms with Crippen LogP contribution in [0.2, 0.25) is 10.0 Å². The lowest BCUT2D eigenvalue weighted by atomic mass is 10.0. The molecule has 1 aromatic heterocycles. The fourth-order valence-corrected chi connectivity index (χ4v) is 2.39. The maximum Gasteiger partial charge on any atom is 0.237 e. The number of rotatable bonds is 5. The van der Waals surface area contributed by atoms with Gasteiger partial charge in [-0.15, -0.1) is 0 Å². The quantitative estimate of drug-likeness (QED) is 0.918. The number of benzene rings is 1. The van der Waals surface area contributed by atoms with Crippen LogP contribution in [0.25, 0.3) is 0 Å². The Morgan fingerprint density at radius 2 is 2.00 bits per heavy atom. The predicted octanol–water partition coefficient (Wildman–Crippen LogP) is 3.49. The van der Waals surface area contributed by atoms with Crippen LogP contribution in [0.3, 0.4) is 0 Å². The van der Waals surface area contributed by atoms with Gasteiger partial charge in [-0.25, -0.2) is 4.98 Å². The molecule has 1 heterocycles. The van der Waals surface area contributed by atoms with Gasteiger partial charge in [-0.3, -0.25) is 4.98 Å². The van der Waals surface area contributed by atoms with Crippen molar-refractivity contribution >= 4 is 23.2 Å². The fraction of sp³-hybridized carbons (Fsp3) is 0.286. The van der Waals surface area contributed by atoms with Gasteiger partial charge in [0.25, 0.3) is 0 Å². The molecule has 0 aliphatic rings. The summed E-state index contributed by atoms with van der Waals surface area (Å²) in [6.45, 7) is 2.75. The van der Waals surface area contributed by atoms with Gasteiger partial charge in [-0.1, -0.05) is 30.1 Å². The van der Waals surface area contributed by atoms with Crippen molar-refractivity contribution in [1.29, 1.82) is 0 Å². The van der Waals surface area contributed by atoms with Crippen molar-refractivity contribution in [2.24, 2.45) is 0 Å². The molecule has 20 heavy (non-hydrogen) atoms. The van der Waals surface area contributed by atoms with E-state index in [0.717, 1.165) is 12.1 Å². The van der Waals surface area contributed by atoms with Crippen LogP contribution in [0.4, 0.5) is 0 Å². The third-order valence-electron chi connectivity index (χ3n) is 2.84. The zero-order valence-corrected chi connectivity index (χ0v) is 12.7. The van der Waals surface area contributed by atoms with Gasteiger partial charge in [0.2, 0.25) is 5.88 Å². The molecule has 4 nitrogen and oxygen atoms in total. The third kappa shape index (κ3) is 3.20. The Kier molecular flexibility index (Phi) is 5.17. The van der Waals surface area contributed by atoms with Gasteiger partial charge in [0.05, 0.1) is 13.2 Å². The van der Waals surface area contributed by atoms with Crippen LogP contribution in [-0.4, -0.2) is 23.6 Å². The van der Waals surface area contributed by atoms with Crippen LogP contribution in [0, 0.1) is 0 Å². The Balaban J connectivity index is 2.53. The molecular formula is C14H15Cl2N3O. The van der Waals surface area contributed by atoms with E-state index < -0.39 is 0 Å². The molecule has 6 heteroatoms. The standard InChI is InChI=1S/C14H15Cl2N3O/c1-3-17-12(10-8-9(15)4-5-11(10)16)13-14(20-2)19-7-6-18-13/h4-8,12,17H,3H2,1-2H3. The molecule has 106 valence electrons. The van der Waals surface area contributed by atoms with E-state index in [4.69, 9.17) is 27.9 Å². The molecule has 0 amide bonds. The first-order valence-electron chi connectivity index (χ1n) is 6.20. The molecule has 2 aromatic rings. The number of hydrogen-bond donors (Lipinski definition) is 1. The smallest absolute Gasteiger partial charge is 0.237 e. The van der Waals surface area contributed by atoms with Crippen molar-refractivity contribution in [3.05, 3.63) is 51.9 Å². The molecule has 0 aliphatic carbocycles. The van der Waals surface area contributed by atoms with E-state index in [1.54, 1.807) is 31.6 Å². The first kappa shape index (κ1) is 15.0. The number of ether oxygens (including phenoxy) is 1. The molecule has 0 saturated carbocycles. The zero-order chi connectivity index (χ0) is 14.5. The second-order valence-corrected chi connectivity index (χ2v) is 4.95. The molecule has 0 bridgehead atoms. The van der Waals surface area contributed by atoms with E-state index in [1.807, 2.05) is 13.0 Å². The molecule has 0 fully saturated rings. The summed E-state index contributed by atoms with van der Waals surface area (Å²) in [4.78, 5) is 8.54. The van der Waals surface area contributed by atoms with Gasteiger partial charge in [0.1, 0.15) is 5.69 Å². The van der Waals surface area contributed by atoms with Crippen molar-refractivity contribution < 1.29 is 4.74 Å². The third-order valence-corrected chi connectivity index (χ3v) is 3.41. The van der Waals surface area contributed by atoms with Gasteiger partial charge in [0, 0.05) is 22.4 Å². The van der Waals surface area contributed by atoms with Crippen molar-refractivity contribution in [2.75, 3.05) is 13.7 Å². The highest BCUT2D eigenvalue weighted by Crippen LogP contribution is 2.32. The van der Waals surface area contributed by atoms with E-state index >= 15 is 0 Å². The molecule has 0 aliphatic heterocycles. The fourth-order valence-electron chi connectivity index (χ4n) is 1.99. The number of halogens is 2. The first-order chi connectivity index (χ1) is 9.67. The number of methoxy groups -OCH3 is 1. The monoisotopic (exact) mass is 311 g/mol. The molecule has 1 unspecified atom stereocenters. The summed E-state index contributed by atoms with van der Waals surface area (Å²) < 4.78 is 5.27. The Bertz CT molecular complexity index is 592. The maximum absolute atomic E-state index is 6.28. The second kappa shape index (κ2) is 6.88. The summed E-state index contributed by atoms with van der Waals surface area (Å²) in [7, 11) is 1.57. The minimum atomic E-state index is -0.227. The molecule has 0 saturated heterocycles. The summed E-state index contributed by atoms with van der Waals surface area (Å²) >= 11 is 12.4. The van der Waals surface area contributed by atoms with Crippen LogP contribution in [0.5, 0.6) is 5.88 Å². The SMILES string of the molecule is CCNC(c1cc(Cl)ccc1Cl)c1nccnc1OC. The van der Waals surface area contributed by atoms with E-state index in [-0.39, 0.29) is 6.04 Å². The van der Waals surface area contributed by atoms with Crippen molar-refractivity contribution in [3.63, 3.8) is 0 Å². The van der Waals surface area contributed by atoms with E-state index in [2.05, 4.69) is 15.3 Å². The van der Waals surface area contributed by atoms with E-state index in [0.29, 0.717) is 21.6 Å². The zero-order valence-electron chi connectivity index (χ0n) is 11.2. The maximum atomic E-state index is 6.28. The summed E-state index contributed by atoms with van der Waals surface area (Å²) in [6, 6.07) is 5.12. The normalized spacial score (nSPS) is 12.2. The Hall–Kier alpha value is -1.36. The molecular weight excluding hydrogens is 297 g/mol. The highest BCUT2D eigenvalue weighted by atomic mass is 35.5. The van der Waals surface area contributed by atoms with Crippen LogP contribution in [-0.2, 0) is 0 Å². The Labute approximate surface area is 128 Å². The average molecular weight is 312 g/mol. The minimum Gasteiger partial charge on any atom is -0.480 e. The molecule has 1 N–H and O–H groups in total. The number of nitrogens with zero attached hydrogens (tertiary/aromatic N) is 2. The van der Waals surface area contributed by atoms with Crippen molar-refractivity contribution in [1.82, 2.24) is 15.3 Å². The van der Waals surface area contributed by atoms with Gasteiger partial charge < -0.3 is 10.1 Å². The lowest BCUT2D eigenvalue weighted by molar-refractivity contribution is 0.383. The number of aromatic nitrogens is 2. The van der Waals surface area contributed by atoms with Crippen LogP contribution in [0.1, 0.15) is 24.2 Å². The topological polar surface area (TPSA) is 47.0 Å². The van der Waals surface area contributed by atoms with E-state index in [1.165, 1.54) is 0 Å². The van der Waals surface area contributed by atoms with Gasteiger partial charge >= 0.3 is 0 Å². The van der Waals surface area contributed by atoms with Crippen LogP contribution >= 0.6 is 23.2 Å². The number of hydrogen-bond acceptors (Lipinski definition) is 4. The summed E-state index contributed by atoms with van der Waals surface area (Å²) in [5, 5.41) is 4.57. The molecule has 1 atom stereocenters. The molecule has 1 aromatic carbocycles. The number of nitrogens with one attached hydrogen (secondary N) is 1. The van der Waals surface area contributed by atoms with Crippen molar-refractivity contribution in [3.8, 4) is 5.88 Å². The summed E-state index contributed by atoms with van der Waals surface area (Å²) in [5.74, 6) is 0.467.